The van der Waals surface area contributed by atoms with Crippen molar-refractivity contribution >= 4 is 6.03 Å². The van der Waals surface area contributed by atoms with Crippen LogP contribution in [-0.2, 0) is 0 Å². The quantitative estimate of drug-likeness (QED) is 0.586. The summed E-state index contributed by atoms with van der Waals surface area (Å²) in [5.74, 6) is 0. The number of amides is 2. The van der Waals surface area contributed by atoms with E-state index >= 15 is 0 Å². The number of hydrogen-bond acceptors (Lipinski definition) is 2. The summed E-state index contributed by atoms with van der Waals surface area (Å²) in [7, 11) is 1.89. The first kappa shape index (κ1) is 8.33. The first-order valence-electron chi connectivity index (χ1n) is 3.94. The lowest BCUT2D eigenvalue weighted by Crippen LogP contribution is -2.33. The normalized spacial score (nSPS) is 24.0. The molecule has 1 aliphatic rings. The lowest BCUT2D eigenvalue weighted by atomic mass is 10.3. The van der Waals surface area contributed by atoms with E-state index in [1.165, 1.54) is 0 Å². The summed E-state index contributed by atoms with van der Waals surface area (Å²) >= 11 is 0. The fourth-order valence-electron chi connectivity index (χ4n) is 1.20. The molecule has 0 aliphatic carbocycles. The van der Waals surface area contributed by atoms with E-state index in [-0.39, 0.29) is 6.03 Å². The molecule has 2 amide bonds. The Kier molecular flexibility index (Phi) is 2.70. The SMILES string of the molecule is CNCCN1CC(C)NC1=O. The van der Waals surface area contributed by atoms with Crippen molar-refractivity contribution in [1.29, 1.82) is 0 Å². The van der Waals surface area contributed by atoms with E-state index < -0.39 is 0 Å². The molecule has 11 heavy (non-hydrogen) atoms. The van der Waals surface area contributed by atoms with E-state index in [4.69, 9.17) is 0 Å². The first-order chi connectivity index (χ1) is 5.24. The molecule has 0 aromatic rings. The summed E-state index contributed by atoms with van der Waals surface area (Å²) < 4.78 is 0. The van der Waals surface area contributed by atoms with Crippen LogP contribution in [0.4, 0.5) is 4.79 Å². The minimum atomic E-state index is 0.0627. The fourth-order valence-corrected chi connectivity index (χ4v) is 1.20. The molecule has 0 aromatic carbocycles. The molecule has 0 aromatic heterocycles. The first-order valence-corrected chi connectivity index (χ1v) is 3.94. The summed E-state index contributed by atoms with van der Waals surface area (Å²) in [5, 5.41) is 5.84. The van der Waals surface area contributed by atoms with Crippen LogP contribution in [0.1, 0.15) is 6.92 Å². The predicted octanol–water partition coefficient (Wildman–Crippen LogP) is -0.381. The second-order valence-corrected chi connectivity index (χ2v) is 2.90. The Balaban J connectivity index is 2.29. The van der Waals surface area contributed by atoms with E-state index in [1.807, 2.05) is 18.9 Å². The minimum Gasteiger partial charge on any atom is -0.334 e. The maximum atomic E-state index is 11.1. The van der Waals surface area contributed by atoms with Gasteiger partial charge >= 0.3 is 6.03 Å². The predicted molar refractivity (Wildman–Crippen MR) is 43.5 cm³/mol. The topological polar surface area (TPSA) is 44.4 Å². The van der Waals surface area contributed by atoms with Crippen LogP contribution < -0.4 is 10.6 Å². The number of carbonyl (C=O) groups is 1. The third-order valence-corrected chi connectivity index (χ3v) is 1.78. The third-order valence-electron chi connectivity index (χ3n) is 1.78. The molecule has 0 spiro atoms. The van der Waals surface area contributed by atoms with E-state index in [0.717, 1.165) is 19.6 Å². The van der Waals surface area contributed by atoms with Crippen LogP contribution in [0, 0.1) is 0 Å². The summed E-state index contributed by atoms with van der Waals surface area (Å²) in [5.41, 5.74) is 0. The van der Waals surface area contributed by atoms with Crippen molar-refractivity contribution in [3.05, 3.63) is 0 Å². The second-order valence-electron chi connectivity index (χ2n) is 2.90. The smallest absolute Gasteiger partial charge is 0.317 e. The van der Waals surface area contributed by atoms with Crippen LogP contribution >= 0.6 is 0 Å². The Morgan fingerprint density at radius 3 is 3.00 bits per heavy atom. The third kappa shape index (κ3) is 2.08. The van der Waals surface area contributed by atoms with Crippen molar-refractivity contribution in [3.63, 3.8) is 0 Å². The number of urea groups is 1. The molecule has 0 bridgehead atoms. The molecule has 0 saturated carbocycles. The monoisotopic (exact) mass is 157 g/mol. The molecule has 0 radical (unpaired) electrons. The molecule has 1 fully saturated rings. The van der Waals surface area contributed by atoms with Gasteiger partial charge in [0, 0.05) is 25.7 Å². The average molecular weight is 157 g/mol. The molecule has 1 aliphatic heterocycles. The van der Waals surface area contributed by atoms with E-state index in [2.05, 4.69) is 10.6 Å². The number of nitrogens with one attached hydrogen (secondary N) is 2. The highest BCUT2D eigenvalue weighted by molar-refractivity contribution is 5.76. The molecule has 1 heterocycles. The second kappa shape index (κ2) is 3.57. The number of likely N-dealkylation sites (N-methyl/N-ethyl adjacent to an activating group) is 1. The van der Waals surface area contributed by atoms with E-state index in [1.54, 1.807) is 0 Å². The highest BCUT2D eigenvalue weighted by atomic mass is 16.2. The van der Waals surface area contributed by atoms with Gasteiger partial charge in [-0.3, -0.25) is 0 Å². The number of rotatable bonds is 3. The van der Waals surface area contributed by atoms with Crippen molar-refractivity contribution < 1.29 is 4.79 Å². The minimum absolute atomic E-state index is 0.0627. The van der Waals surface area contributed by atoms with Crippen LogP contribution in [0.2, 0.25) is 0 Å². The zero-order valence-electron chi connectivity index (χ0n) is 7.05. The Bertz CT molecular complexity index is 149. The number of nitrogens with zero attached hydrogens (tertiary/aromatic N) is 1. The molecule has 64 valence electrons. The standard InChI is InChI=1S/C7H15N3O/c1-6-5-10(4-3-8-2)7(11)9-6/h6,8H,3-5H2,1-2H3,(H,9,11). The van der Waals surface area contributed by atoms with Gasteiger partial charge in [-0.25, -0.2) is 4.79 Å². The zero-order chi connectivity index (χ0) is 8.27. The van der Waals surface area contributed by atoms with Crippen LogP contribution in [0.15, 0.2) is 0 Å². The van der Waals surface area contributed by atoms with Gasteiger partial charge in [-0.05, 0) is 14.0 Å². The molecule has 1 saturated heterocycles. The molecule has 1 atom stereocenters. The molecular formula is C7H15N3O. The fraction of sp³-hybridized carbons (Fsp3) is 0.857. The Morgan fingerprint density at radius 2 is 2.55 bits per heavy atom. The Labute approximate surface area is 66.9 Å². The van der Waals surface area contributed by atoms with Gasteiger partial charge in [-0.15, -0.1) is 0 Å². The van der Waals surface area contributed by atoms with Crippen molar-refractivity contribution in [2.75, 3.05) is 26.7 Å². The van der Waals surface area contributed by atoms with Gasteiger partial charge in [0.25, 0.3) is 0 Å². The highest BCUT2D eigenvalue weighted by Gasteiger charge is 2.24. The summed E-state index contributed by atoms with van der Waals surface area (Å²) in [6.45, 7) is 4.50. The molecular weight excluding hydrogens is 142 g/mol. The van der Waals surface area contributed by atoms with Gasteiger partial charge in [-0.2, -0.15) is 0 Å². The molecule has 4 heteroatoms. The summed E-state index contributed by atoms with van der Waals surface area (Å²) in [6.07, 6.45) is 0. The van der Waals surface area contributed by atoms with Crippen LogP contribution in [-0.4, -0.2) is 43.7 Å². The summed E-state index contributed by atoms with van der Waals surface area (Å²) in [6, 6.07) is 0.368. The van der Waals surface area contributed by atoms with Crippen LogP contribution in [0.3, 0.4) is 0 Å². The van der Waals surface area contributed by atoms with Crippen molar-refractivity contribution in [2.45, 2.75) is 13.0 Å². The van der Waals surface area contributed by atoms with Gasteiger partial charge in [0.2, 0.25) is 0 Å². The van der Waals surface area contributed by atoms with Crippen LogP contribution in [0.5, 0.6) is 0 Å². The van der Waals surface area contributed by atoms with Crippen LogP contribution in [0.25, 0.3) is 0 Å². The zero-order valence-corrected chi connectivity index (χ0v) is 7.05. The highest BCUT2D eigenvalue weighted by Crippen LogP contribution is 2.01. The molecule has 2 N–H and O–H groups in total. The lowest BCUT2D eigenvalue weighted by Gasteiger charge is -2.12. The van der Waals surface area contributed by atoms with Gasteiger partial charge < -0.3 is 15.5 Å². The van der Waals surface area contributed by atoms with Gasteiger partial charge in [0.1, 0.15) is 0 Å². The van der Waals surface area contributed by atoms with E-state index in [9.17, 15) is 4.79 Å². The number of carbonyl (C=O) groups excluding carboxylic acids is 1. The van der Waals surface area contributed by atoms with Gasteiger partial charge in [0.15, 0.2) is 0 Å². The Hall–Kier alpha value is -0.770. The largest absolute Gasteiger partial charge is 0.334 e. The maximum absolute atomic E-state index is 11.1. The summed E-state index contributed by atoms with van der Waals surface area (Å²) in [4.78, 5) is 12.9. The van der Waals surface area contributed by atoms with Crippen molar-refractivity contribution in [1.82, 2.24) is 15.5 Å². The number of hydrogen-bond donors (Lipinski definition) is 2. The maximum Gasteiger partial charge on any atom is 0.317 e. The molecule has 1 rings (SSSR count). The van der Waals surface area contributed by atoms with Crippen molar-refractivity contribution in [2.24, 2.45) is 0 Å². The molecule has 4 nitrogen and oxygen atoms in total. The van der Waals surface area contributed by atoms with Crippen molar-refractivity contribution in [3.8, 4) is 0 Å². The van der Waals surface area contributed by atoms with Gasteiger partial charge in [-0.1, -0.05) is 0 Å². The Morgan fingerprint density at radius 1 is 1.82 bits per heavy atom. The molecule has 1 unspecified atom stereocenters. The van der Waals surface area contributed by atoms with Gasteiger partial charge in [0.05, 0.1) is 0 Å². The van der Waals surface area contributed by atoms with E-state index in [0.29, 0.717) is 6.04 Å². The average Bonchev–Trinajstić information content (AvgIpc) is 2.26. The lowest BCUT2D eigenvalue weighted by molar-refractivity contribution is 0.218.